The zero-order valence-corrected chi connectivity index (χ0v) is 9.59. The van der Waals surface area contributed by atoms with Gasteiger partial charge in [0.1, 0.15) is 11.6 Å². The Kier molecular flexibility index (Phi) is 3.41. The zero-order valence-electron chi connectivity index (χ0n) is 8.83. The summed E-state index contributed by atoms with van der Waals surface area (Å²) in [5, 5.41) is 0.434. The first-order valence-electron chi connectivity index (χ1n) is 5.04. The molecule has 17 heavy (non-hydrogen) atoms. The fraction of sp³-hybridized carbons (Fsp3) is 0.0769. The monoisotopic (exact) mass is 253 g/mol. The Morgan fingerprint density at radius 3 is 2.41 bits per heavy atom. The standard InChI is InChI=1S/C13H10ClF2N/c14-11-4-2-1-3-9(11)13(17)10-7-8(15)5-6-12(10)16/h1-7,13H,17H2/t13-/m0/s1. The van der Waals surface area contributed by atoms with Crippen LogP contribution in [0.2, 0.25) is 5.02 Å². The fourth-order valence-electron chi connectivity index (χ4n) is 1.65. The van der Waals surface area contributed by atoms with Gasteiger partial charge in [0, 0.05) is 10.6 Å². The summed E-state index contributed by atoms with van der Waals surface area (Å²) in [6.45, 7) is 0. The van der Waals surface area contributed by atoms with E-state index in [4.69, 9.17) is 17.3 Å². The molecule has 2 aromatic carbocycles. The quantitative estimate of drug-likeness (QED) is 0.868. The summed E-state index contributed by atoms with van der Waals surface area (Å²) in [7, 11) is 0. The normalized spacial score (nSPS) is 12.5. The maximum atomic E-state index is 13.5. The Morgan fingerprint density at radius 2 is 1.71 bits per heavy atom. The van der Waals surface area contributed by atoms with Gasteiger partial charge in [0.2, 0.25) is 0 Å². The molecule has 0 heterocycles. The van der Waals surface area contributed by atoms with Crippen molar-refractivity contribution >= 4 is 11.6 Å². The molecule has 0 spiro atoms. The Morgan fingerprint density at radius 1 is 1.00 bits per heavy atom. The minimum Gasteiger partial charge on any atom is -0.320 e. The first-order valence-corrected chi connectivity index (χ1v) is 5.42. The Hall–Kier alpha value is -1.45. The molecule has 0 saturated carbocycles. The third-order valence-electron chi connectivity index (χ3n) is 2.53. The SMILES string of the molecule is N[C@H](c1cc(F)ccc1F)c1ccccc1Cl. The van der Waals surface area contributed by atoms with Crippen LogP contribution in [-0.4, -0.2) is 0 Å². The highest BCUT2D eigenvalue weighted by Gasteiger charge is 2.16. The van der Waals surface area contributed by atoms with Crippen molar-refractivity contribution in [1.29, 1.82) is 0 Å². The number of benzene rings is 2. The van der Waals surface area contributed by atoms with Gasteiger partial charge in [-0.2, -0.15) is 0 Å². The van der Waals surface area contributed by atoms with Gasteiger partial charge in [0.05, 0.1) is 6.04 Å². The Balaban J connectivity index is 2.47. The molecular formula is C13H10ClF2N. The van der Waals surface area contributed by atoms with E-state index in [1.54, 1.807) is 24.3 Å². The van der Waals surface area contributed by atoms with Crippen molar-refractivity contribution in [1.82, 2.24) is 0 Å². The van der Waals surface area contributed by atoms with Gasteiger partial charge in [-0.3, -0.25) is 0 Å². The molecule has 2 N–H and O–H groups in total. The number of hydrogen-bond acceptors (Lipinski definition) is 1. The minimum absolute atomic E-state index is 0.0955. The smallest absolute Gasteiger partial charge is 0.128 e. The van der Waals surface area contributed by atoms with Crippen LogP contribution in [0.15, 0.2) is 42.5 Å². The van der Waals surface area contributed by atoms with E-state index in [1.165, 1.54) is 0 Å². The largest absolute Gasteiger partial charge is 0.320 e. The minimum atomic E-state index is -0.778. The average Bonchev–Trinajstić information content (AvgIpc) is 2.32. The highest BCUT2D eigenvalue weighted by atomic mass is 35.5. The molecule has 4 heteroatoms. The first kappa shape index (κ1) is 12.0. The third-order valence-corrected chi connectivity index (χ3v) is 2.88. The Bertz CT molecular complexity index is 543. The molecule has 0 aliphatic rings. The molecule has 0 bridgehead atoms. The molecule has 0 radical (unpaired) electrons. The molecule has 0 amide bonds. The second-order valence-electron chi connectivity index (χ2n) is 3.67. The predicted octanol–water partition coefficient (Wildman–Crippen LogP) is 3.67. The summed E-state index contributed by atoms with van der Waals surface area (Å²) in [5.41, 5.74) is 6.56. The van der Waals surface area contributed by atoms with E-state index in [-0.39, 0.29) is 5.56 Å². The van der Waals surface area contributed by atoms with Crippen LogP contribution in [-0.2, 0) is 0 Å². The van der Waals surface area contributed by atoms with E-state index in [2.05, 4.69) is 0 Å². The molecular weight excluding hydrogens is 244 g/mol. The van der Waals surface area contributed by atoms with E-state index in [1.807, 2.05) is 0 Å². The van der Waals surface area contributed by atoms with Crippen LogP contribution in [0.25, 0.3) is 0 Å². The van der Waals surface area contributed by atoms with Gasteiger partial charge in [-0.1, -0.05) is 29.8 Å². The lowest BCUT2D eigenvalue weighted by molar-refractivity contribution is 0.576. The maximum Gasteiger partial charge on any atom is 0.128 e. The number of halogens is 3. The first-order chi connectivity index (χ1) is 8.09. The van der Waals surface area contributed by atoms with Crippen molar-refractivity contribution in [3.63, 3.8) is 0 Å². The maximum absolute atomic E-state index is 13.5. The van der Waals surface area contributed by atoms with E-state index < -0.39 is 17.7 Å². The van der Waals surface area contributed by atoms with Crippen LogP contribution in [0, 0.1) is 11.6 Å². The lowest BCUT2D eigenvalue weighted by Crippen LogP contribution is -2.14. The third kappa shape index (κ3) is 2.46. The van der Waals surface area contributed by atoms with Crippen LogP contribution in [0.4, 0.5) is 8.78 Å². The van der Waals surface area contributed by atoms with Crippen molar-refractivity contribution in [2.45, 2.75) is 6.04 Å². The van der Waals surface area contributed by atoms with Crippen LogP contribution in [0.5, 0.6) is 0 Å². The molecule has 0 unspecified atom stereocenters. The second-order valence-corrected chi connectivity index (χ2v) is 4.07. The summed E-state index contributed by atoms with van der Waals surface area (Å²) in [4.78, 5) is 0. The lowest BCUT2D eigenvalue weighted by atomic mass is 9.99. The number of hydrogen-bond donors (Lipinski definition) is 1. The zero-order chi connectivity index (χ0) is 12.4. The predicted molar refractivity (Wildman–Crippen MR) is 63.8 cm³/mol. The highest BCUT2D eigenvalue weighted by Crippen LogP contribution is 2.28. The van der Waals surface area contributed by atoms with Gasteiger partial charge in [-0.05, 0) is 29.8 Å². The van der Waals surface area contributed by atoms with E-state index in [0.29, 0.717) is 10.6 Å². The van der Waals surface area contributed by atoms with Crippen molar-refractivity contribution in [2.75, 3.05) is 0 Å². The van der Waals surface area contributed by atoms with E-state index in [9.17, 15) is 8.78 Å². The summed E-state index contributed by atoms with van der Waals surface area (Å²) in [5.74, 6) is -1.07. The summed E-state index contributed by atoms with van der Waals surface area (Å²) in [6, 6.07) is 9.27. The summed E-state index contributed by atoms with van der Waals surface area (Å²) >= 11 is 5.96. The molecule has 1 nitrogen and oxygen atoms in total. The van der Waals surface area contributed by atoms with Crippen molar-refractivity contribution in [2.24, 2.45) is 5.73 Å². The van der Waals surface area contributed by atoms with Crippen LogP contribution in [0.1, 0.15) is 17.2 Å². The van der Waals surface area contributed by atoms with Gasteiger partial charge in [-0.15, -0.1) is 0 Å². The second kappa shape index (κ2) is 4.82. The Labute approximate surface area is 103 Å². The molecule has 1 atom stereocenters. The molecule has 0 aliphatic carbocycles. The van der Waals surface area contributed by atoms with Gasteiger partial charge >= 0.3 is 0 Å². The summed E-state index contributed by atoms with van der Waals surface area (Å²) < 4.78 is 26.6. The molecule has 2 rings (SSSR count). The van der Waals surface area contributed by atoms with Crippen molar-refractivity contribution in [3.8, 4) is 0 Å². The topological polar surface area (TPSA) is 26.0 Å². The van der Waals surface area contributed by atoms with Gasteiger partial charge < -0.3 is 5.73 Å². The number of rotatable bonds is 2. The van der Waals surface area contributed by atoms with E-state index >= 15 is 0 Å². The molecule has 0 aromatic heterocycles. The molecule has 88 valence electrons. The van der Waals surface area contributed by atoms with Gasteiger partial charge in [0.25, 0.3) is 0 Å². The highest BCUT2D eigenvalue weighted by molar-refractivity contribution is 6.31. The molecule has 2 aromatic rings. The number of nitrogens with two attached hydrogens (primary N) is 1. The van der Waals surface area contributed by atoms with Gasteiger partial charge in [0.15, 0.2) is 0 Å². The molecule has 0 aliphatic heterocycles. The van der Waals surface area contributed by atoms with E-state index in [0.717, 1.165) is 18.2 Å². The fourth-order valence-corrected chi connectivity index (χ4v) is 1.90. The van der Waals surface area contributed by atoms with Crippen LogP contribution < -0.4 is 5.73 Å². The van der Waals surface area contributed by atoms with Gasteiger partial charge in [-0.25, -0.2) is 8.78 Å². The average molecular weight is 254 g/mol. The molecule has 0 saturated heterocycles. The lowest BCUT2D eigenvalue weighted by Gasteiger charge is -2.14. The van der Waals surface area contributed by atoms with Crippen LogP contribution >= 0.6 is 11.6 Å². The molecule has 0 fully saturated rings. The van der Waals surface area contributed by atoms with Crippen molar-refractivity contribution in [3.05, 3.63) is 70.2 Å². The van der Waals surface area contributed by atoms with Crippen molar-refractivity contribution < 1.29 is 8.78 Å². The summed E-state index contributed by atoms with van der Waals surface area (Å²) in [6.07, 6.45) is 0. The van der Waals surface area contributed by atoms with Crippen LogP contribution in [0.3, 0.4) is 0 Å².